The Balaban J connectivity index is 1.68. The second kappa shape index (κ2) is 6.87. The number of carboxylic acids is 1. The van der Waals surface area contributed by atoms with Gasteiger partial charge in [0.15, 0.2) is 0 Å². The molecule has 4 nitrogen and oxygen atoms in total. The minimum atomic E-state index is -0.959. The van der Waals surface area contributed by atoms with Gasteiger partial charge in [-0.3, -0.25) is 4.79 Å². The largest absolute Gasteiger partial charge is 0.478 e. The van der Waals surface area contributed by atoms with Gasteiger partial charge in [0, 0.05) is 0 Å². The topological polar surface area (TPSA) is 66.4 Å². The number of aromatic carboxylic acids is 1. The van der Waals surface area contributed by atoms with Crippen molar-refractivity contribution in [3.8, 4) is 0 Å². The summed E-state index contributed by atoms with van der Waals surface area (Å²) >= 11 is 0. The summed E-state index contributed by atoms with van der Waals surface area (Å²) in [7, 11) is 0. The van der Waals surface area contributed by atoms with Crippen LogP contribution in [0.25, 0.3) is 0 Å². The Morgan fingerprint density at radius 2 is 1.79 bits per heavy atom. The Morgan fingerprint density at radius 3 is 2.38 bits per heavy atom. The van der Waals surface area contributed by atoms with Gasteiger partial charge in [-0.1, -0.05) is 36.4 Å². The lowest BCUT2D eigenvalue weighted by Gasteiger charge is -2.21. The molecule has 0 saturated heterocycles. The smallest absolute Gasteiger partial charge is 0.335 e. The molecule has 1 fully saturated rings. The molecule has 1 aliphatic rings. The molecule has 124 valence electrons. The summed E-state index contributed by atoms with van der Waals surface area (Å²) in [5, 5.41) is 12.1. The van der Waals surface area contributed by atoms with E-state index in [1.54, 1.807) is 12.1 Å². The lowest BCUT2D eigenvalue weighted by atomic mass is 9.97. The van der Waals surface area contributed by atoms with Crippen molar-refractivity contribution < 1.29 is 14.7 Å². The summed E-state index contributed by atoms with van der Waals surface area (Å²) in [6.07, 6.45) is 2.55. The Labute approximate surface area is 141 Å². The van der Waals surface area contributed by atoms with E-state index < -0.39 is 5.97 Å². The molecule has 1 saturated carbocycles. The van der Waals surface area contributed by atoms with Gasteiger partial charge in [0.25, 0.3) is 0 Å². The fourth-order valence-corrected chi connectivity index (χ4v) is 2.99. The highest BCUT2D eigenvalue weighted by molar-refractivity contribution is 5.87. The Morgan fingerprint density at radius 1 is 1.12 bits per heavy atom. The van der Waals surface area contributed by atoms with Crippen LogP contribution < -0.4 is 5.32 Å². The molecule has 0 bridgehead atoms. The molecule has 3 rings (SSSR count). The van der Waals surface area contributed by atoms with Crippen LogP contribution in [0.1, 0.15) is 45.9 Å². The van der Waals surface area contributed by atoms with Crippen LogP contribution in [-0.4, -0.2) is 17.0 Å². The number of carbonyl (C=O) groups excluding carboxylic acids is 1. The van der Waals surface area contributed by atoms with Crippen LogP contribution in [0, 0.1) is 12.8 Å². The minimum absolute atomic E-state index is 0.0294. The average molecular weight is 323 g/mol. The number of rotatable bonds is 6. The molecule has 1 aliphatic carbocycles. The van der Waals surface area contributed by atoms with Crippen LogP contribution in [0.2, 0.25) is 0 Å². The summed E-state index contributed by atoms with van der Waals surface area (Å²) in [6.45, 7) is 2.07. The van der Waals surface area contributed by atoms with E-state index in [1.165, 1.54) is 23.3 Å². The molecule has 2 aromatic rings. The Hall–Kier alpha value is -2.62. The van der Waals surface area contributed by atoms with Gasteiger partial charge in [-0.05, 0) is 54.5 Å². The molecule has 0 heterocycles. The Bertz CT molecular complexity index is 748. The van der Waals surface area contributed by atoms with E-state index in [0.717, 1.165) is 18.4 Å². The monoisotopic (exact) mass is 323 g/mol. The van der Waals surface area contributed by atoms with E-state index in [9.17, 15) is 9.59 Å². The second-order valence-electron chi connectivity index (χ2n) is 6.42. The third kappa shape index (κ3) is 3.82. The number of amides is 1. The van der Waals surface area contributed by atoms with Crippen LogP contribution in [0.4, 0.5) is 0 Å². The van der Waals surface area contributed by atoms with Crippen molar-refractivity contribution in [1.82, 2.24) is 5.32 Å². The zero-order valence-electron chi connectivity index (χ0n) is 13.7. The first kappa shape index (κ1) is 16.2. The highest BCUT2D eigenvalue weighted by Crippen LogP contribution is 2.41. The van der Waals surface area contributed by atoms with Gasteiger partial charge in [0.05, 0.1) is 18.0 Å². The molecule has 1 atom stereocenters. The molecular weight excluding hydrogens is 302 g/mol. The van der Waals surface area contributed by atoms with Crippen LogP contribution in [0.3, 0.4) is 0 Å². The maximum Gasteiger partial charge on any atom is 0.335 e. The van der Waals surface area contributed by atoms with Crippen LogP contribution in [0.15, 0.2) is 48.5 Å². The fourth-order valence-electron chi connectivity index (χ4n) is 2.99. The maximum atomic E-state index is 12.4. The molecule has 4 heteroatoms. The highest BCUT2D eigenvalue weighted by Gasteiger charge is 2.34. The minimum Gasteiger partial charge on any atom is -0.478 e. The number of nitrogens with one attached hydrogen (secondary N) is 1. The molecule has 0 spiro atoms. The standard InChI is InChI=1S/C20H21NO3/c1-13-4-2-3-5-17(13)19(15-10-11-15)21-18(22)12-14-6-8-16(9-7-14)20(23)24/h2-9,15,19H,10-12H2,1H3,(H,21,22)(H,23,24). The highest BCUT2D eigenvalue weighted by atomic mass is 16.4. The molecule has 1 unspecified atom stereocenters. The molecule has 2 N–H and O–H groups in total. The lowest BCUT2D eigenvalue weighted by molar-refractivity contribution is -0.121. The number of carbonyl (C=O) groups is 2. The molecule has 1 amide bonds. The zero-order valence-corrected chi connectivity index (χ0v) is 13.7. The van der Waals surface area contributed by atoms with Crippen molar-refractivity contribution in [3.05, 3.63) is 70.8 Å². The summed E-state index contributed by atoms with van der Waals surface area (Å²) in [4.78, 5) is 23.3. The van der Waals surface area contributed by atoms with E-state index in [0.29, 0.717) is 5.92 Å². The molecule has 24 heavy (non-hydrogen) atoms. The predicted molar refractivity (Wildman–Crippen MR) is 91.9 cm³/mol. The van der Waals surface area contributed by atoms with Crippen molar-refractivity contribution in [1.29, 1.82) is 0 Å². The quantitative estimate of drug-likeness (QED) is 0.855. The average Bonchev–Trinajstić information content (AvgIpc) is 3.39. The van der Waals surface area contributed by atoms with Gasteiger partial charge >= 0.3 is 5.97 Å². The molecule has 0 aromatic heterocycles. The fraction of sp³-hybridized carbons (Fsp3) is 0.300. The first-order valence-corrected chi connectivity index (χ1v) is 8.21. The summed E-state index contributed by atoms with van der Waals surface area (Å²) < 4.78 is 0. The van der Waals surface area contributed by atoms with Crippen molar-refractivity contribution >= 4 is 11.9 Å². The van der Waals surface area contributed by atoms with Crippen LogP contribution in [-0.2, 0) is 11.2 Å². The van der Waals surface area contributed by atoms with E-state index in [-0.39, 0.29) is 23.9 Å². The number of benzene rings is 2. The van der Waals surface area contributed by atoms with Crippen LogP contribution >= 0.6 is 0 Å². The van der Waals surface area contributed by atoms with Crippen molar-refractivity contribution in [2.45, 2.75) is 32.2 Å². The zero-order chi connectivity index (χ0) is 17.1. The summed E-state index contributed by atoms with van der Waals surface area (Å²) in [5.74, 6) is -0.470. The number of hydrogen-bond acceptors (Lipinski definition) is 2. The third-order valence-electron chi connectivity index (χ3n) is 4.50. The van der Waals surface area contributed by atoms with E-state index in [1.807, 2.05) is 12.1 Å². The SMILES string of the molecule is Cc1ccccc1C(NC(=O)Cc1ccc(C(=O)O)cc1)C1CC1. The van der Waals surface area contributed by atoms with Gasteiger partial charge in [0.1, 0.15) is 0 Å². The maximum absolute atomic E-state index is 12.4. The van der Waals surface area contributed by atoms with Crippen molar-refractivity contribution in [2.75, 3.05) is 0 Å². The van der Waals surface area contributed by atoms with Gasteiger partial charge in [-0.2, -0.15) is 0 Å². The van der Waals surface area contributed by atoms with E-state index >= 15 is 0 Å². The molecule has 0 radical (unpaired) electrons. The summed E-state index contributed by atoms with van der Waals surface area (Å²) in [5.41, 5.74) is 3.43. The number of hydrogen-bond donors (Lipinski definition) is 2. The Kier molecular flexibility index (Phi) is 4.65. The molecular formula is C20H21NO3. The number of aryl methyl sites for hydroxylation is 1. The molecule has 2 aromatic carbocycles. The van der Waals surface area contributed by atoms with Crippen molar-refractivity contribution in [3.63, 3.8) is 0 Å². The predicted octanol–water partition coefficient (Wildman–Crippen LogP) is 3.50. The van der Waals surface area contributed by atoms with E-state index in [2.05, 4.69) is 24.4 Å². The first-order chi connectivity index (χ1) is 11.5. The normalized spacial score (nSPS) is 14.9. The van der Waals surface area contributed by atoms with Crippen LogP contribution in [0.5, 0.6) is 0 Å². The molecule has 0 aliphatic heterocycles. The first-order valence-electron chi connectivity index (χ1n) is 8.21. The van der Waals surface area contributed by atoms with Gasteiger partial charge in [-0.15, -0.1) is 0 Å². The lowest BCUT2D eigenvalue weighted by Crippen LogP contribution is -2.31. The van der Waals surface area contributed by atoms with Gasteiger partial charge in [-0.25, -0.2) is 4.79 Å². The number of carboxylic acid groups (broad SMARTS) is 1. The van der Waals surface area contributed by atoms with E-state index in [4.69, 9.17) is 5.11 Å². The second-order valence-corrected chi connectivity index (χ2v) is 6.42. The van der Waals surface area contributed by atoms with Gasteiger partial charge < -0.3 is 10.4 Å². The third-order valence-corrected chi connectivity index (χ3v) is 4.50. The van der Waals surface area contributed by atoms with Gasteiger partial charge in [0.2, 0.25) is 5.91 Å². The van der Waals surface area contributed by atoms with Crippen molar-refractivity contribution in [2.24, 2.45) is 5.92 Å². The summed E-state index contributed by atoms with van der Waals surface area (Å²) in [6, 6.07) is 14.7.